The number of piperazine rings is 1. The Morgan fingerprint density at radius 1 is 1.02 bits per heavy atom. The van der Waals surface area contributed by atoms with Crippen LogP contribution in [0.1, 0.15) is 57.0 Å². The van der Waals surface area contributed by atoms with Crippen LogP contribution in [0.5, 0.6) is 0 Å². The number of nitrogens with zero attached hydrogens (tertiary/aromatic N) is 5. The molecule has 1 saturated heterocycles. The predicted octanol–water partition coefficient (Wildman–Crippen LogP) is 5.46. The van der Waals surface area contributed by atoms with Gasteiger partial charge in [0.2, 0.25) is 5.91 Å². The van der Waals surface area contributed by atoms with Crippen LogP contribution in [0.25, 0.3) is 11.3 Å². The summed E-state index contributed by atoms with van der Waals surface area (Å²) in [5.41, 5.74) is 5.66. The summed E-state index contributed by atoms with van der Waals surface area (Å²) in [6.07, 6.45) is 6.16. The fraction of sp³-hybridized carbons (Fsp3) is 0.405. The molecule has 48 heavy (non-hydrogen) atoms. The van der Waals surface area contributed by atoms with E-state index in [4.69, 9.17) is 4.98 Å². The van der Waals surface area contributed by atoms with Crippen molar-refractivity contribution < 1.29 is 9.59 Å². The summed E-state index contributed by atoms with van der Waals surface area (Å²) in [5, 5.41) is 6.33. The van der Waals surface area contributed by atoms with Crippen LogP contribution in [0.4, 0.5) is 17.2 Å². The molecule has 0 saturated carbocycles. The molecule has 2 N–H and O–H groups in total. The first-order chi connectivity index (χ1) is 23.1. The number of thiophene rings is 1. The van der Waals surface area contributed by atoms with Crippen molar-refractivity contribution in [2.45, 2.75) is 45.6 Å². The molecule has 2 aromatic heterocycles. The maximum Gasteiger partial charge on any atom is 0.293 e. The van der Waals surface area contributed by atoms with Gasteiger partial charge in [-0.3, -0.25) is 19.3 Å². The van der Waals surface area contributed by atoms with E-state index in [0.717, 1.165) is 67.1 Å². The second kappa shape index (κ2) is 14.4. The lowest BCUT2D eigenvalue weighted by atomic mass is 9.99. The molecule has 1 atom stereocenters. The Labute approximate surface area is 286 Å². The highest BCUT2D eigenvalue weighted by Crippen LogP contribution is 2.32. The zero-order valence-electron chi connectivity index (χ0n) is 28.5. The van der Waals surface area contributed by atoms with Crippen molar-refractivity contribution in [2.24, 2.45) is 7.05 Å². The third-order valence-electron chi connectivity index (χ3n) is 9.53. The van der Waals surface area contributed by atoms with Gasteiger partial charge in [0.1, 0.15) is 6.04 Å². The number of aromatic nitrogens is 2. The van der Waals surface area contributed by atoms with E-state index in [-0.39, 0.29) is 29.2 Å². The molecule has 1 unspecified atom stereocenters. The number of carbonyl (C=O) groups excluding carboxylic acids is 2. The van der Waals surface area contributed by atoms with Crippen LogP contribution >= 0.6 is 11.3 Å². The van der Waals surface area contributed by atoms with Gasteiger partial charge in [-0.1, -0.05) is 31.2 Å². The number of rotatable bonds is 9. The third-order valence-corrected chi connectivity index (χ3v) is 10.8. The van der Waals surface area contributed by atoms with Crippen LogP contribution < -0.4 is 16.2 Å². The van der Waals surface area contributed by atoms with Gasteiger partial charge in [0.05, 0.1) is 10.6 Å². The van der Waals surface area contributed by atoms with Gasteiger partial charge < -0.3 is 25.0 Å². The summed E-state index contributed by atoms with van der Waals surface area (Å²) in [7, 11) is 5.29. The van der Waals surface area contributed by atoms with Crippen LogP contribution in [-0.2, 0) is 24.7 Å². The Balaban J connectivity index is 1.22. The minimum absolute atomic E-state index is 0.0483. The van der Waals surface area contributed by atoms with E-state index in [1.54, 1.807) is 43.6 Å². The van der Waals surface area contributed by atoms with E-state index in [2.05, 4.69) is 27.4 Å². The molecule has 2 aliphatic rings. The van der Waals surface area contributed by atoms with Crippen LogP contribution in [0, 0.1) is 6.92 Å². The van der Waals surface area contributed by atoms with Crippen LogP contribution in [0.15, 0.2) is 59.5 Å². The van der Waals surface area contributed by atoms with Crippen molar-refractivity contribution in [3.63, 3.8) is 0 Å². The van der Waals surface area contributed by atoms with Gasteiger partial charge in [0, 0.05) is 75.3 Å². The highest BCUT2D eigenvalue weighted by atomic mass is 32.1. The zero-order chi connectivity index (χ0) is 33.9. The number of hydrogen-bond donors (Lipinski definition) is 2. The Hall–Kier alpha value is -4.32. The van der Waals surface area contributed by atoms with Gasteiger partial charge in [-0.05, 0) is 80.1 Å². The monoisotopic (exact) mass is 667 g/mol. The summed E-state index contributed by atoms with van der Waals surface area (Å²) >= 11 is 1.59. The van der Waals surface area contributed by atoms with E-state index >= 15 is 0 Å². The molecule has 1 aliphatic carbocycles. The van der Waals surface area contributed by atoms with E-state index < -0.39 is 0 Å². The Morgan fingerprint density at radius 2 is 1.75 bits per heavy atom. The summed E-state index contributed by atoms with van der Waals surface area (Å²) in [4.78, 5) is 52.9. The smallest absolute Gasteiger partial charge is 0.293 e. The molecule has 252 valence electrons. The maximum absolute atomic E-state index is 13.3. The summed E-state index contributed by atoms with van der Waals surface area (Å²) < 4.78 is 1.52. The summed E-state index contributed by atoms with van der Waals surface area (Å²) in [5.74, 6) is 0.135. The molecule has 1 aliphatic heterocycles. The second-order valence-electron chi connectivity index (χ2n) is 12.9. The Kier molecular flexibility index (Phi) is 10.1. The lowest BCUT2D eigenvalue weighted by Crippen LogP contribution is -2.50. The highest BCUT2D eigenvalue weighted by molar-refractivity contribution is 7.14. The molecule has 0 bridgehead atoms. The standard InChI is InChI=1S/C37H45N7O3S/c1-6-43-18-20-44(21-19-43)33(36(46)41(3)4)25-14-16-27(17-15-25)38-34-37(47)42(5)23-30(39-34)28-11-9-12-29(24(28)2)40-35(45)32-22-26-10-7-8-13-31(26)48-32/h9,11-12,14-17,22-23,33H,6-8,10,13,18-21H2,1-5H3,(H,38,39)(H,40,45). The van der Waals surface area contributed by atoms with Gasteiger partial charge in [-0.25, -0.2) is 4.98 Å². The molecule has 3 heterocycles. The molecular formula is C37H45N7O3S. The first-order valence-electron chi connectivity index (χ1n) is 16.8. The van der Waals surface area contributed by atoms with Crippen LogP contribution in [0.2, 0.25) is 0 Å². The minimum atomic E-state index is -0.372. The fourth-order valence-corrected chi connectivity index (χ4v) is 7.78. The number of aryl methyl sites for hydroxylation is 3. The summed E-state index contributed by atoms with van der Waals surface area (Å²) in [6, 6.07) is 15.1. The molecule has 0 radical (unpaired) electrons. The van der Waals surface area contributed by atoms with Gasteiger partial charge >= 0.3 is 0 Å². The van der Waals surface area contributed by atoms with Gasteiger partial charge in [0.25, 0.3) is 11.5 Å². The number of nitrogens with one attached hydrogen (secondary N) is 2. The topological polar surface area (TPSA) is 103 Å². The molecule has 4 aromatic rings. The normalized spacial score (nSPS) is 15.9. The van der Waals surface area contributed by atoms with Gasteiger partial charge in [-0.2, -0.15) is 0 Å². The number of carbonyl (C=O) groups is 2. The molecule has 0 spiro atoms. The van der Waals surface area contributed by atoms with Crippen LogP contribution in [0.3, 0.4) is 0 Å². The molecule has 1 fully saturated rings. The summed E-state index contributed by atoms with van der Waals surface area (Å²) in [6.45, 7) is 8.64. The quantitative estimate of drug-likeness (QED) is 0.245. The minimum Gasteiger partial charge on any atom is -0.347 e. The highest BCUT2D eigenvalue weighted by Gasteiger charge is 2.31. The molecule has 2 amide bonds. The van der Waals surface area contributed by atoms with Crippen molar-refractivity contribution >= 4 is 40.3 Å². The van der Waals surface area contributed by atoms with E-state index in [0.29, 0.717) is 17.1 Å². The SMILES string of the molecule is CCN1CCN(C(C(=O)N(C)C)c2ccc(Nc3nc(-c4cccc(NC(=O)c5cc6c(s5)CCCC6)c4C)cn(C)c3=O)cc2)CC1. The van der Waals surface area contributed by atoms with Crippen LogP contribution in [-0.4, -0.2) is 82.9 Å². The molecule has 11 heteroatoms. The molecule has 10 nitrogen and oxygen atoms in total. The van der Waals surface area contributed by atoms with E-state index in [1.165, 1.54) is 27.8 Å². The van der Waals surface area contributed by atoms with Crippen molar-refractivity contribution in [2.75, 3.05) is 57.5 Å². The van der Waals surface area contributed by atoms with Gasteiger partial charge in [0.15, 0.2) is 5.82 Å². The van der Waals surface area contributed by atoms with Crippen molar-refractivity contribution in [3.8, 4) is 11.3 Å². The van der Waals surface area contributed by atoms with Crippen molar-refractivity contribution in [1.82, 2.24) is 24.3 Å². The first kappa shape index (κ1) is 33.6. The first-order valence-corrected chi connectivity index (χ1v) is 17.6. The second-order valence-corrected chi connectivity index (χ2v) is 14.1. The number of fused-ring (bicyclic) bond motifs is 1. The number of hydrogen-bond acceptors (Lipinski definition) is 8. The molecular weight excluding hydrogens is 623 g/mol. The molecule has 6 rings (SSSR count). The lowest BCUT2D eigenvalue weighted by Gasteiger charge is -2.39. The number of likely N-dealkylation sites (N-methyl/N-ethyl adjacent to an activating group) is 2. The molecule has 2 aromatic carbocycles. The maximum atomic E-state index is 13.3. The van der Waals surface area contributed by atoms with Gasteiger partial charge in [-0.15, -0.1) is 11.3 Å². The predicted molar refractivity (Wildman–Crippen MR) is 193 cm³/mol. The average molecular weight is 668 g/mol. The van der Waals surface area contributed by atoms with Crippen molar-refractivity contribution in [3.05, 3.63) is 91.5 Å². The third kappa shape index (κ3) is 7.08. The number of amides is 2. The Morgan fingerprint density at radius 3 is 2.44 bits per heavy atom. The van der Waals surface area contributed by atoms with E-state index in [1.807, 2.05) is 55.5 Å². The lowest BCUT2D eigenvalue weighted by molar-refractivity contribution is -0.135. The number of benzene rings is 2. The Bertz CT molecular complexity index is 1830. The largest absolute Gasteiger partial charge is 0.347 e. The van der Waals surface area contributed by atoms with Crippen molar-refractivity contribution in [1.29, 1.82) is 0 Å². The zero-order valence-corrected chi connectivity index (χ0v) is 29.3. The fourth-order valence-electron chi connectivity index (χ4n) is 6.63. The van der Waals surface area contributed by atoms with E-state index in [9.17, 15) is 14.4 Å². The number of anilines is 3. The average Bonchev–Trinajstić information content (AvgIpc) is 3.53.